The van der Waals surface area contributed by atoms with Crippen molar-refractivity contribution in [3.05, 3.63) is 28.2 Å². The van der Waals surface area contributed by atoms with Crippen LogP contribution < -0.4 is 15.4 Å². The minimum atomic E-state index is -0.576. The number of nitrogens with one attached hydrogen (secondary N) is 2. The molecule has 1 aromatic carbocycles. The van der Waals surface area contributed by atoms with Crippen LogP contribution in [-0.2, 0) is 9.59 Å². The van der Waals surface area contributed by atoms with Gasteiger partial charge in [-0.15, -0.1) is 0 Å². The summed E-state index contributed by atoms with van der Waals surface area (Å²) in [7, 11) is 0. The molecule has 0 unspecified atom stereocenters. The molecule has 0 fully saturated rings. The summed E-state index contributed by atoms with van der Waals surface area (Å²) in [6.07, 6.45) is 0. The molecule has 0 aromatic heterocycles. The standard InChI is InChI=1S/C14H19BrN2O3/c1-4-16-14(19)10(3)17-13(18)8-20-12-6-5-9(2)7-11(12)15/h5-7,10H,4,8H2,1-3H3,(H,16,19)(H,17,18)/t10-/m0/s1. The molecule has 0 bridgehead atoms. The number of halogens is 1. The molecule has 110 valence electrons. The molecule has 0 radical (unpaired) electrons. The zero-order valence-electron chi connectivity index (χ0n) is 11.8. The van der Waals surface area contributed by atoms with Gasteiger partial charge in [0, 0.05) is 6.54 Å². The fraction of sp³-hybridized carbons (Fsp3) is 0.429. The van der Waals surface area contributed by atoms with Crippen molar-refractivity contribution in [2.75, 3.05) is 13.2 Å². The normalized spacial score (nSPS) is 11.6. The van der Waals surface area contributed by atoms with Crippen molar-refractivity contribution in [2.45, 2.75) is 26.8 Å². The number of amides is 2. The fourth-order valence-electron chi connectivity index (χ4n) is 1.54. The topological polar surface area (TPSA) is 67.4 Å². The van der Waals surface area contributed by atoms with Crippen LogP contribution in [0.25, 0.3) is 0 Å². The Morgan fingerprint density at radius 2 is 2.10 bits per heavy atom. The van der Waals surface area contributed by atoms with Crippen molar-refractivity contribution in [2.24, 2.45) is 0 Å². The largest absolute Gasteiger partial charge is 0.483 e. The third kappa shape index (κ3) is 5.21. The van der Waals surface area contributed by atoms with E-state index >= 15 is 0 Å². The van der Waals surface area contributed by atoms with Crippen LogP contribution in [0.5, 0.6) is 5.75 Å². The first-order chi connectivity index (χ1) is 9.43. The zero-order chi connectivity index (χ0) is 15.1. The summed E-state index contributed by atoms with van der Waals surface area (Å²) >= 11 is 3.37. The molecule has 1 atom stereocenters. The summed E-state index contributed by atoms with van der Waals surface area (Å²) in [5.41, 5.74) is 1.10. The van der Waals surface area contributed by atoms with Gasteiger partial charge in [0.1, 0.15) is 11.8 Å². The Kier molecular flexibility index (Phi) is 6.51. The van der Waals surface area contributed by atoms with Gasteiger partial charge in [-0.3, -0.25) is 9.59 Å². The first-order valence-corrected chi connectivity index (χ1v) is 7.19. The van der Waals surface area contributed by atoms with E-state index in [1.165, 1.54) is 0 Å². The van der Waals surface area contributed by atoms with Crippen molar-refractivity contribution in [3.63, 3.8) is 0 Å². The van der Waals surface area contributed by atoms with Gasteiger partial charge in [0.15, 0.2) is 6.61 Å². The molecule has 0 aliphatic carbocycles. The monoisotopic (exact) mass is 342 g/mol. The summed E-state index contributed by atoms with van der Waals surface area (Å²) in [6.45, 7) is 5.82. The van der Waals surface area contributed by atoms with Gasteiger partial charge in [-0.2, -0.15) is 0 Å². The number of aryl methyl sites for hydroxylation is 1. The number of ether oxygens (including phenoxy) is 1. The Balaban J connectivity index is 2.45. The highest BCUT2D eigenvalue weighted by atomic mass is 79.9. The maximum Gasteiger partial charge on any atom is 0.258 e. The summed E-state index contributed by atoms with van der Waals surface area (Å²) in [4.78, 5) is 23.2. The number of benzene rings is 1. The Morgan fingerprint density at radius 1 is 1.40 bits per heavy atom. The minimum absolute atomic E-state index is 0.134. The van der Waals surface area contributed by atoms with Gasteiger partial charge < -0.3 is 15.4 Å². The van der Waals surface area contributed by atoms with Crippen molar-refractivity contribution in [1.29, 1.82) is 0 Å². The maximum absolute atomic E-state index is 11.7. The lowest BCUT2D eigenvalue weighted by molar-refractivity contribution is -0.129. The lowest BCUT2D eigenvalue weighted by Gasteiger charge is -2.14. The van der Waals surface area contributed by atoms with Gasteiger partial charge in [-0.1, -0.05) is 6.07 Å². The van der Waals surface area contributed by atoms with Gasteiger partial charge in [0.2, 0.25) is 5.91 Å². The van der Waals surface area contributed by atoms with E-state index in [4.69, 9.17) is 4.74 Å². The third-order valence-corrected chi connectivity index (χ3v) is 3.19. The van der Waals surface area contributed by atoms with Gasteiger partial charge >= 0.3 is 0 Å². The molecule has 0 aliphatic heterocycles. The van der Waals surface area contributed by atoms with E-state index in [2.05, 4.69) is 26.6 Å². The fourth-order valence-corrected chi connectivity index (χ4v) is 2.15. The summed E-state index contributed by atoms with van der Waals surface area (Å²) in [5.74, 6) is 0.0463. The lowest BCUT2D eigenvalue weighted by Crippen LogP contribution is -2.46. The molecule has 5 nitrogen and oxygen atoms in total. The molecule has 1 aromatic rings. The van der Waals surface area contributed by atoms with Crippen LogP contribution in [0.2, 0.25) is 0 Å². The van der Waals surface area contributed by atoms with Crippen molar-refractivity contribution >= 4 is 27.7 Å². The quantitative estimate of drug-likeness (QED) is 0.827. The first-order valence-electron chi connectivity index (χ1n) is 6.40. The number of likely N-dealkylation sites (N-methyl/N-ethyl adjacent to an activating group) is 1. The summed E-state index contributed by atoms with van der Waals surface area (Å²) in [6, 6.07) is 5.02. The third-order valence-electron chi connectivity index (χ3n) is 2.57. The summed E-state index contributed by atoms with van der Waals surface area (Å²) < 4.78 is 6.20. The molecule has 0 saturated carbocycles. The van der Waals surface area contributed by atoms with Crippen LogP contribution in [0.15, 0.2) is 22.7 Å². The highest BCUT2D eigenvalue weighted by Gasteiger charge is 2.15. The molecule has 0 saturated heterocycles. The average molecular weight is 343 g/mol. The van der Waals surface area contributed by atoms with E-state index in [0.29, 0.717) is 12.3 Å². The van der Waals surface area contributed by atoms with Crippen molar-refractivity contribution in [3.8, 4) is 5.75 Å². The number of rotatable bonds is 6. The number of carbonyl (C=O) groups is 2. The SMILES string of the molecule is CCNC(=O)[C@H](C)NC(=O)COc1ccc(C)cc1Br. The molecular formula is C14H19BrN2O3. The zero-order valence-corrected chi connectivity index (χ0v) is 13.4. The maximum atomic E-state index is 11.7. The molecule has 0 aliphatic rings. The molecule has 1 rings (SSSR count). The molecule has 2 N–H and O–H groups in total. The molecule has 0 spiro atoms. The van der Waals surface area contributed by atoms with Crippen molar-refractivity contribution < 1.29 is 14.3 Å². The Morgan fingerprint density at radius 3 is 2.70 bits per heavy atom. The summed E-state index contributed by atoms with van der Waals surface area (Å²) in [5, 5.41) is 5.21. The molecular weight excluding hydrogens is 324 g/mol. The Bertz CT molecular complexity index is 491. The van der Waals surface area contributed by atoms with Crippen molar-refractivity contribution in [1.82, 2.24) is 10.6 Å². The molecule has 20 heavy (non-hydrogen) atoms. The number of hydrogen-bond donors (Lipinski definition) is 2. The predicted octanol–water partition coefficient (Wildman–Crippen LogP) is 1.78. The van der Waals surface area contributed by atoms with Gasteiger partial charge in [0.25, 0.3) is 5.91 Å². The Labute approximate surface area is 127 Å². The average Bonchev–Trinajstić information content (AvgIpc) is 2.37. The smallest absolute Gasteiger partial charge is 0.258 e. The molecule has 6 heteroatoms. The highest BCUT2D eigenvalue weighted by Crippen LogP contribution is 2.25. The second-order valence-corrected chi connectivity index (χ2v) is 5.26. The van der Waals surface area contributed by atoms with E-state index in [9.17, 15) is 9.59 Å². The minimum Gasteiger partial charge on any atom is -0.483 e. The van der Waals surface area contributed by atoms with Crippen LogP contribution in [0.3, 0.4) is 0 Å². The molecule has 2 amide bonds. The number of hydrogen-bond acceptors (Lipinski definition) is 3. The van der Waals surface area contributed by atoms with E-state index < -0.39 is 6.04 Å². The Hall–Kier alpha value is -1.56. The second kappa shape index (κ2) is 7.89. The lowest BCUT2D eigenvalue weighted by atomic mass is 10.2. The number of carbonyl (C=O) groups excluding carboxylic acids is 2. The highest BCUT2D eigenvalue weighted by molar-refractivity contribution is 9.10. The predicted molar refractivity (Wildman–Crippen MR) is 80.7 cm³/mol. The van der Waals surface area contributed by atoms with E-state index in [-0.39, 0.29) is 18.4 Å². The second-order valence-electron chi connectivity index (χ2n) is 4.41. The first kappa shape index (κ1) is 16.5. The van der Waals surface area contributed by atoms with E-state index in [1.807, 2.05) is 26.0 Å². The van der Waals surface area contributed by atoms with Gasteiger partial charge in [0.05, 0.1) is 4.47 Å². The van der Waals surface area contributed by atoms with Crippen LogP contribution in [0, 0.1) is 6.92 Å². The van der Waals surface area contributed by atoms with Gasteiger partial charge in [-0.25, -0.2) is 0 Å². The van der Waals surface area contributed by atoms with Crippen LogP contribution >= 0.6 is 15.9 Å². The van der Waals surface area contributed by atoms with E-state index in [0.717, 1.165) is 10.0 Å². The van der Waals surface area contributed by atoms with Crippen LogP contribution in [-0.4, -0.2) is 31.0 Å². The van der Waals surface area contributed by atoms with Gasteiger partial charge in [-0.05, 0) is 54.4 Å². The molecule has 0 heterocycles. The van der Waals surface area contributed by atoms with Crippen LogP contribution in [0.4, 0.5) is 0 Å². The van der Waals surface area contributed by atoms with Crippen LogP contribution in [0.1, 0.15) is 19.4 Å². The van der Waals surface area contributed by atoms with E-state index in [1.54, 1.807) is 13.0 Å².